The zero-order valence-electron chi connectivity index (χ0n) is 18.9. The monoisotopic (exact) mass is 459 g/mol. The molecule has 0 atom stereocenters. The third-order valence-corrected chi connectivity index (χ3v) is 7.62. The van der Waals surface area contributed by atoms with Crippen LogP contribution in [0, 0.1) is 5.92 Å². The van der Waals surface area contributed by atoms with Crippen LogP contribution in [0.4, 0.5) is 5.69 Å². The minimum atomic E-state index is -3.92. The maximum absolute atomic E-state index is 13.3. The van der Waals surface area contributed by atoms with Crippen LogP contribution in [0.3, 0.4) is 0 Å². The molecule has 1 heterocycles. The van der Waals surface area contributed by atoms with Crippen LogP contribution in [0.15, 0.2) is 59.5 Å². The number of hydrogen-bond donors (Lipinski definition) is 1. The lowest BCUT2D eigenvalue weighted by Crippen LogP contribution is -2.41. The zero-order chi connectivity index (χ0) is 23.0. The maximum Gasteiger partial charge on any atom is 0.264 e. The Kier molecular flexibility index (Phi) is 8.53. The van der Waals surface area contributed by atoms with E-state index >= 15 is 0 Å². The predicted molar refractivity (Wildman–Crippen MR) is 126 cm³/mol. The Morgan fingerprint density at radius 3 is 2.38 bits per heavy atom. The van der Waals surface area contributed by atoms with E-state index in [0.29, 0.717) is 18.0 Å². The van der Waals surface area contributed by atoms with Crippen LogP contribution in [0.1, 0.15) is 26.2 Å². The van der Waals surface area contributed by atoms with Crippen molar-refractivity contribution in [2.75, 3.05) is 44.1 Å². The first-order chi connectivity index (χ1) is 15.4. The van der Waals surface area contributed by atoms with Gasteiger partial charge in [0.15, 0.2) is 0 Å². The van der Waals surface area contributed by atoms with Crippen molar-refractivity contribution in [1.82, 2.24) is 10.2 Å². The summed E-state index contributed by atoms with van der Waals surface area (Å²) in [5.74, 6) is 1.04. The Bertz CT molecular complexity index is 956. The van der Waals surface area contributed by atoms with Gasteiger partial charge < -0.3 is 15.0 Å². The molecule has 1 saturated heterocycles. The highest BCUT2D eigenvalue weighted by molar-refractivity contribution is 7.92. The summed E-state index contributed by atoms with van der Waals surface area (Å²) in [6, 6.07) is 14.9. The SMILES string of the molecule is COc1ccc(S(=O)(=O)N(CC(=O)NCCCN2CCC(C)CC2)c2ccccc2)cc1. The highest BCUT2D eigenvalue weighted by atomic mass is 32.2. The fourth-order valence-corrected chi connectivity index (χ4v) is 5.21. The Balaban J connectivity index is 1.62. The van der Waals surface area contributed by atoms with Gasteiger partial charge in [-0.15, -0.1) is 0 Å². The fourth-order valence-electron chi connectivity index (χ4n) is 3.79. The summed E-state index contributed by atoms with van der Waals surface area (Å²) >= 11 is 0. The van der Waals surface area contributed by atoms with E-state index in [4.69, 9.17) is 4.74 Å². The van der Waals surface area contributed by atoms with E-state index in [1.165, 1.54) is 32.1 Å². The molecule has 1 aliphatic heterocycles. The third kappa shape index (κ3) is 6.46. The fraction of sp³-hybridized carbons (Fsp3) is 0.458. The first-order valence-electron chi connectivity index (χ1n) is 11.1. The molecule has 1 amide bonds. The molecule has 0 saturated carbocycles. The lowest BCUT2D eigenvalue weighted by molar-refractivity contribution is -0.119. The van der Waals surface area contributed by atoms with Crippen molar-refractivity contribution >= 4 is 21.6 Å². The van der Waals surface area contributed by atoms with Crippen molar-refractivity contribution in [3.63, 3.8) is 0 Å². The number of nitrogens with zero attached hydrogens (tertiary/aromatic N) is 2. The summed E-state index contributed by atoms with van der Waals surface area (Å²) in [6.45, 7) is 5.69. The zero-order valence-corrected chi connectivity index (χ0v) is 19.7. The number of carbonyl (C=O) groups is 1. The van der Waals surface area contributed by atoms with Gasteiger partial charge in [-0.1, -0.05) is 25.1 Å². The first-order valence-corrected chi connectivity index (χ1v) is 12.5. The Labute approximate surface area is 191 Å². The van der Waals surface area contributed by atoms with E-state index in [-0.39, 0.29) is 17.3 Å². The number of piperidine rings is 1. The van der Waals surface area contributed by atoms with Crippen molar-refractivity contribution in [2.45, 2.75) is 31.1 Å². The van der Waals surface area contributed by atoms with Crippen molar-refractivity contribution in [3.8, 4) is 5.75 Å². The predicted octanol–water partition coefficient (Wildman–Crippen LogP) is 3.13. The van der Waals surface area contributed by atoms with Crippen LogP contribution in [0.2, 0.25) is 0 Å². The minimum absolute atomic E-state index is 0.106. The second-order valence-corrected chi connectivity index (χ2v) is 10.1. The molecule has 174 valence electrons. The minimum Gasteiger partial charge on any atom is -0.497 e. The number of para-hydroxylation sites is 1. The molecule has 0 aliphatic carbocycles. The lowest BCUT2D eigenvalue weighted by atomic mass is 9.99. The lowest BCUT2D eigenvalue weighted by Gasteiger charge is -2.30. The molecule has 7 nitrogen and oxygen atoms in total. The van der Waals surface area contributed by atoms with Crippen LogP contribution in [0.25, 0.3) is 0 Å². The van der Waals surface area contributed by atoms with Gasteiger partial charge in [-0.25, -0.2) is 8.42 Å². The van der Waals surface area contributed by atoms with Gasteiger partial charge in [0.05, 0.1) is 17.7 Å². The molecule has 1 fully saturated rings. The van der Waals surface area contributed by atoms with Crippen molar-refractivity contribution in [1.29, 1.82) is 0 Å². The Morgan fingerprint density at radius 1 is 1.09 bits per heavy atom. The third-order valence-electron chi connectivity index (χ3n) is 5.83. The molecule has 32 heavy (non-hydrogen) atoms. The van der Waals surface area contributed by atoms with Crippen LogP contribution in [-0.2, 0) is 14.8 Å². The van der Waals surface area contributed by atoms with Crippen LogP contribution < -0.4 is 14.4 Å². The number of nitrogens with one attached hydrogen (secondary N) is 1. The molecule has 1 aliphatic rings. The first kappa shape index (κ1) is 24.1. The van der Waals surface area contributed by atoms with Gasteiger partial charge in [0, 0.05) is 6.54 Å². The van der Waals surface area contributed by atoms with Gasteiger partial charge in [0.1, 0.15) is 12.3 Å². The van der Waals surface area contributed by atoms with Gasteiger partial charge in [-0.05, 0) is 81.2 Å². The largest absolute Gasteiger partial charge is 0.497 e. The summed E-state index contributed by atoms with van der Waals surface area (Å²) in [5.41, 5.74) is 0.445. The van der Waals surface area contributed by atoms with E-state index in [9.17, 15) is 13.2 Å². The number of amides is 1. The number of sulfonamides is 1. The molecule has 2 aromatic rings. The summed E-state index contributed by atoms with van der Waals surface area (Å²) in [6.07, 6.45) is 3.29. The van der Waals surface area contributed by atoms with Crippen molar-refractivity contribution in [2.24, 2.45) is 5.92 Å². The highest BCUT2D eigenvalue weighted by Crippen LogP contribution is 2.24. The van der Waals surface area contributed by atoms with Gasteiger partial charge >= 0.3 is 0 Å². The number of likely N-dealkylation sites (tertiary alicyclic amines) is 1. The smallest absolute Gasteiger partial charge is 0.264 e. The molecule has 1 N–H and O–H groups in total. The average Bonchev–Trinajstić information content (AvgIpc) is 2.82. The molecule has 2 aromatic carbocycles. The number of rotatable bonds is 10. The molecule has 8 heteroatoms. The molecule has 3 rings (SSSR count). The van der Waals surface area contributed by atoms with Crippen molar-refractivity contribution < 1.29 is 17.9 Å². The topological polar surface area (TPSA) is 79.0 Å². The Morgan fingerprint density at radius 2 is 1.75 bits per heavy atom. The van der Waals surface area contributed by atoms with E-state index in [1.54, 1.807) is 36.4 Å². The maximum atomic E-state index is 13.3. The van der Waals surface area contributed by atoms with Gasteiger partial charge in [-0.3, -0.25) is 9.10 Å². The standard InChI is InChI=1S/C24H33N3O4S/c1-20-13-17-26(18-14-20)16-6-15-25-24(28)19-27(21-7-4-3-5-8-21)32(29,30)23-11-9-22(31-2)10-12-23/h3-5,7-12,20H,6,13-19H2,1-2H3,(H,25,28). The number of benzene rings is 2. The summed E-state index contributed by atoms with van der Waals surface area (Å²) in [4.78, 5) is 15.2. The van der Waals surface area contributed by atoms with Crippen molar-refractivity contribution in [3.05, 3.63) is 54.6 Å². The average molecular weight is 460 g/mol. The van der Waals surface area contributed by atoms with E-state index < -0.39 is 10.0 Å². The number of anilines is 1. The van der Waals surface area contributed by atoms with Crippen LogP contribution >= 0.6 is 0 Å². The van der Waals surface area contributed by atoms with E-state index in [0.717, 1.165) is 36.3 Å². The van der Waals surface area contributed by atoms with E-state index in [1.807, 2.05) is 6.07 Å². The summed E-state index contributed by atoms with van der Waals surface area (Å²) < 4.78 is 32.9. The number of ether oxygens (including phenoxy) is 1. The number of hydrogen-bond acceptors (Lipinski definition) is 5. The van der Waals surface area contributed by atoms with Gasteiger partial charge in [0.25, 0.3) is 10.0 Å². The highest BCUT2D eigenvalue weighted by Gasteiger charge is 2.27. The molecule has 0 aromatic heterocycles. The van der Waals surface area contributed by atoms with Gasteiger partial charge in [-0.2, -0.15) is 0 Å². The molecule has 0 radical (unpaired) electrons. The molecule has 0 spiro atoms. The molecule has 0 bridgehead atoms. The Hall–Kier alpha value is -2.58. The number of methoxy groups -OCH3 is 1. The summed E-state index contributed by atoms with van der Waals surface area (Å²) in [7, 11) is -2.39. The summed E-state index contributed by atoms with van der Waals surface area (Å²) in [5, 5.41) is 2.88. The second kappa shape index (κ2) is 11.3. The molecular weight excluding hydrogens is 426 g/mol. The second-order valence-electron chi connectivity index (χ2n) is 8.25. The van der Waals surface area contributed by atoms with Crippen LogP contribution in [-0.4, -0.2) is 59.1 Å². The molecule has 0 unspecified atom stereocenters. The normalized spacial score (nSPS) is 15.3. The quantitative estimate of drug-likeness (QED) is 0.552. The van der Waals surface area contributed by atoms with Gasteiger partial charge in [0.2, 0.25) is 5.91 Å². The number of carbonyl (C=O) groups excluding carboxylic acids is 1. The van der Waals surface area contributed by atoms with E-state index in [2.05, 4.69) is 17.1 Å². The molecular formula is C24H33N3O4S. The van der Waals surface area contributed by atoms with Crippen LogP contribution in [0.5, 0.6) is 5.75 Å².